The number of hydrogen-bond donors (Lipinski definition) is 0. The Balaban J connectivity index is 2.60. The maximum atomic E-state index is 12.1. The first-order valence-electron chi connectivity index (χ1n) is 6.00. The fourth-order valence-electron chi connectivity index (χ4n) is 2.02. The molecule has 0 spiro atoms. The molecular weight excluding hydrogens is 278 g/mol. The normalized spacial score (nSPS) is 10.4. The van der Waals surface area contributed by atoms with E-state index in [-0.39, 0.29) is 16.9 Å². The fraction of sp³-hybridized carbons (Fsp3) is 0.200. The molecule has 1 heterocycles. The summed E-state index contributed by atoms with van der Waals surface area (Å²) in [7, 11) is 3.17. The van der Waals surface area contributed by atoms with Crippen LogP contribution in [0, 0.1) is 0 Å². The molecule has 2 rings (SSSR count). The number of methoxy groups -OCH3 is 1. The van der Waals surface area contributed by atoms with Crippen LogP contribution in [0.1, 0.15) is 17.3 Å². The minimum Gasteiger partial charge on any atom is -0.495 e. The van der Waals surface area contributed by atoms with Crippen LogP contribution in [0.5, 0.6) is 5.75 Å². The molecule has 0 radical (unpaired) electrons. The van der Waals surface area contributed by atoms with E-state index in [1.165, 1.54) is 24.7 Å². The van der Waals surface area contributed by atoms with E-state index in [0.717, 1.165) is 5.56 Å². The van der Waals surface area contributed by atoms with Gasteiger partial charge in [-0.05, 0) is 42.8 Å². The molecule has 4 nitrogen and oxygen atoms in total. The van der Waals surface area contributed by atoms with E-state index in [4.69, 9.17) is 16.3 Å². The van der Waals surface area contributed by atoms with Crippen molar-refractivity contribution < 1.29 is 9.53 Å². The number of Topliss-reactive ketones (excluding diaryl/α,β-unsaturated/α-hetero) is 1. The van der Waals surface area contributed by atoms with E-state index in [1.807, 2.05) is 6.07 Å². The maximum absolute atomic E-state index is 12.1. The third kappa shape index (κ3) is 2.47. The molecule has 0 amide bonds. The van der Waals surface area contributed by atoms with Gasteiger partial charge >= 0.3 is 0 Å². The first-order valence-corrected chi connectivity index (χ1v) is 6.38. The van der Waals surface area contributed by atoms with Crippen molar-refractivity contribution in [3.05, 3.63) is 51.3 Å². The zero-order valence-electron chi connectivity index (χ0n) is 11.4. The Kier molecular flexibility index (Phi) is 3.95. The van der Waals surface area contributed by atoms with Crippen molar-refractivity contribution in [2.75, 3.05) is 7.11 Å². The summed E-state index contributed by atoms with van der Waals surface area (Å²) in [6.07, 6.45) is 0. The highest BCUT2D eigenvalue weighted by Crippen LogP contribution is 2.29. The van der Waals surface area contributed by atoms with Crippen LogP contribution in [0.3, 0.4) is 0 Å². The topological polar surface area (TPSA) is 48.3 Å². The van der Waals surface area contributed by atoms with E-state index < -0.39 is 0 Å². The van der Waals surface area contributed by atoms with Crippen molar-refractivity contribution in [1.29, 1.82) is 0 Å². The number of nitrogens with zero attached hydrogens (tertiary/aromatic N) is 1. The van der Waals surface area contributed by atoms with Crippen LogP contribution < -0.4 is 10.3 Å². The molecule has 0 unspecified atom stereocenters. The van der Waals surface area contributed by atoms with Crippen molar-refractivity contribution in [3.63, 3.8) is 0 Å². The lowest BCUT2D eigenvalue weighted by Crippen LogP contribution is -2.24. The number of halogens is 1. The number of pyridine rings is 1. The molecule has 104 valence electrons. The van der Waals surface area contributed by atoms with Crippen LogP contribution in [-0.4, -0.2) is 17.5 Å². The summed E-state index contributed by atoms with van der Waals surface area (Å²) in [4.78, 5) is 23.4. The van der Waals surface area contributed by atoms with E-state index >= 15 is 0 Å². The summed E-state index contributed by atoms with van der Waals surface area (Å²) in [5, 5.41) is 0.466. The van der Waals surface area contributed by atoms with E-state index in [1.54, 1.807) is 25.2 Å². The van der Waals surface area contributed by atoms with Gasteiger partial charge < -0.3 is 9.30 Å². The molecule has 0 aliphatic rings. The SMILES string of the molecule is COc1ccc(-c2ccc(C(C)=O)c(=O)n2C)cc1Cl. The Morgan fingerprint density at radius 1 is 1.25 bits per heavy atom. The summed E-state index contributed by atoms with van der Waals surface area (Å²) in [6, 6.07) is 8.55. The van der Waals surface area contributed by atoms with Crippen LogP contribution in [0.25, 0.3) is 11.3 Å². The van der Waals surface area contributed by atoms with Crippen LogP contribution in [-0.2, 0) is 7.05 Å². The summed E-state index contributed by atoms with van der Waals surface area (Å²) < 4.78 is 6.53. The summed E-state index contributed by atoms with van der Waals surface area (Å²) in [5.41, 5.74) is 1.33. The van der Waals surface area contributed by atoms with Gasteiger partial charge in [0.05, 0.1) is 23.4 Å². The van der Waals surface area contributed by atoms with E-state index in [9.17, 15) is 9.59 Å². The Bertz CT molecular complexity index is 734. The van der Waals surface area contributed by atoms with Crippen LogP contribution in [0.2, 0.25) is 5.02 Å². The van der Waals surface area contributed by atoms with Gasteiger partial charge in [-0.1, -0.05) is 11.6 Å². The lowest BCUT2D eigenvalue weighted by Gasteiger charge is -2.11. The third-order valence-electron chi connectivity index (χ3n) is 3.13. The Morgan fingerprint density at radius 3 is 2.50 bits per heavy atom. The number of aromatic nitrogens is 1. The van der Waals surface area contributed by atoms with Gasteiger partial charge in [0.25, 0.3) is 5.56 Å². The number of ether oxygens (including phenoxy) is 1. The number of rotatable bonds is 3. The fourth-order valence-corrected chi connectivity index (χ4v) is 2.28. The predicted molar refractivity (Wildman–Crippen MR) is 78.7 cm³/mol. The molecule has 0 saturated heterocycles. The largest absolute Gasteiger partial charge is 0.495 e. The molecule has 0 bridgehead atoms. The maximum Gasteiger partial charge on any atom is 0.261 e. The monoisotopic (exact) mass is 291 g/mol. The van der Waals surface area contributed by atoms with E-state index in [2.05, 4.69) is 0 Å². The summed E-state index contributed by atoms with van der Waals surface area (Å²) in [6.45, 7) is 1.38. The first-order chi connectivity index (χ1) is 9.45. The van der Waals surface area contributed by atoms with Crippen molar-refractivity contribution >= 4 is 17.4 Å². The first kappa shape index (κ1) is 14.3. The van der Waals surface area contributed by atoms with Gasteiger partial charge in [-0.3, -0.25) is 9.59 Å². The zero-order valence-corrected chi connectivity index (χ0v) is 12.2. The lowest BCUT2D eigenvalue weighted by molar-refractivity contribution is 0.101. The molecule has 20 heavy (non-hydrogen) atoms. The van der Waals surface area contributed by atoms with Crippen LogP contribution >= 0.6 is 11.6 Å². The average molecular weight is 292 g/mol. The lowest BCUT2D eigenvalue weighted by atomic mass is 10.1. The molecule has 2 aromatic rings. The van der Waals surface area contributed by atoms with Gasteiger partial charge in [-0.2, -0.15) is 0 Å². The molecule has 0 aliphatic carbocycles. The third-order valence-corrected chi connectivity index (χ3v) is 3.43. The molecule has 1 aromatic carbocycles. The zero-order chi connectivity index (χ0) is 14.9. The van der Waals surface area contributed by atoms with E-state index in [0.29, 0.717) is 16.5 Å². The smallest absolute Gasteiger partial charge is 0.261 e. The minimum absolute atomic E-state index is 0.177. The van der Waals surface area contributed by atoms with Gasteiger partial charge in [0.2, 0.25) is 0 Å². The van der Waals surface area contributed by atoms with Gasteiger partial charge in [-0.15, -0.1) is 0 Å². The van der Waals surface area contributed by atoms with Crippen molar-refractivity contribution in [2.24, 2.45) is 7.05 Å². The quantitative estimate of drug-likeness (QED) is 0.817. The van der Waals surface area contributed by atoms with Crippen molar-refractivity contribution in [1.82, 2.24) is 4.57 Å². The Morgan fingerprint density at radius 2 is 1.95 bits per heavy atom. The van der Waals surface area contributed by atoms with Gasteiger partial charge in [0.1, 0.15) is 5.75 Å². The second-order valence-electron chi connectivity index (χ2n) is 4.40. The van der Waals surface area contributed by atoms with Gasteiger partial charge in [-0.25, -0.2) is 0 Å². The van der Waals surface area contributed by atoms with Gasteiger partial charge in [0.15, 0.2) is 5.78 Å². The van der Waals surface area contributed by atoms with Gasteiger partial charge in [0, 0.05) is 7.05 Å². The highest BCUT2D eigenvalue weighted by atomic mass is 35.5. The predicted octanol–water partition coefficient (Wildman–Crippen LogP) is 2.92. The molecule has 5 heteroatoms. The molecular formula is C15H14ClNO3. The van der Waals surface area contributed by atoms with Crippen molar-refractivity contribution in [3.8, 4) is 17.0 Å². The highest BCUT2D eigenvalue weighted by Gasteiger charge is 2.12. The number of carbonyl (C=O) groups is 1. The molecule has 0 aliphatic heterocycles. The Labute approximate surface area is 121 Å². The summed E-state index contributed by atoms with van der Waals surface area (Å²) in [5.74, 6) is 0.325. The Hall–Kier alpha value is -2.07. The molecule has 1 aromatic heterocycles. The average Bonchev–Trinajstić information content (AvgIpc) is 2.41. The molecule has 0 fully saturated rings. The highest BCUT2D eigenvalue weighted by molar-refractivity contribution is 6.32. The second kappa shape index (κ2) is 5.51. The number of benzene rings is 1. The number of ketones is 1. The molecule has 0 N–H and O–H groups in total. The van der Waals surface area contributed by atoms with Crippen LogP contribution in [0.4, 0.5) is 0 Å². The second-order valence-corrected chi connectivity index (χ2v) is 4.81. The van der Waals surface area contributed by atoms with Crippen LogP contribution in [0.15, 0.2) is 35.1 Å². The number of carbonyl (C=O) groups excluding carboxylic acids is 1. The molecule has 0 atom stereocenters. The summed E-state index contributed by atoms with van der Waals surface area (Å²) >= 11 is 6.09. The standard InChI is InChI=1S/C15H14ClNO3/c1-9(18)11-5-6-13(17(2)15(11)19)10-4-7-14(20-3)12(16)8-10/h4-8H,1-3H3. The van der Waals surface area contributed by atoms with Crippen molar-refractivity contribution in [2.45, 2.75) is 6.92 Å². The number of hydrogen-bond acceptors (Lipinski definition) is 3. The minimum atomic E-state index is -0.318. The molecule has 0 saturated carbocycles.